The van der Waals surface area contributed by atoms with Gasteiger partial charge in [0.15, 0.2) is 12.0 Å². The maximum atomic E-state index is 10.7. The van der Waals surface area contributed by atoms with Crippen LogP contribution in [0.2, 0.25) is 0 Å². The summed E-state index contributed by atoms with van der Waals surface area (Å²) >= 11 is 0. The summed E-state index contributed by atoms with van der Waals surface area (Å²) in [6, 6.07) is 8.21. The second-order valence-corrected chi connectivity index (χ2v) is 3.40. The Bertz CT molecular complexity index is 554. The summed E-state index contributed by atoms with van der Waals surface area (Å²) < 4.78 is 10.5. The summed E-state index contributed by atoms with van der Waals surface area (Å²) in [5.41, 5.74) is 1.16. The molecule has 0 radical (unpaired) electrons. The molecule has 0 spiro atoms. The van der Waals surface area contributed by atoms with Gasteiger partial charge in [0.25, 0.3) is 0 Å². The van der Waals surface area contributed by atoms with E-state index in [0.29, 0.717) is 28.9 Å². The van der Waals surface area contributed by atoms with Crippen LogP contribution in [0.1, 0.15) is 20.9 Å². The minimum absolute atomic E-state index is 0.235. The molecule has 4 nitrogen and oxygen atoms in total. The van der Waals surface area contributed by atoms with Crippen LogP contribution in [0.3, 0.4) is 0 Å². The molecule has 1 aromatic carbocycles. The molecule has 0 N–H and O–H groups in total. The number of furan rings is 1. The molecule has 0 unspecified atom stereocenters. The van der Waals surface area contributed by atoms with Crippen LogP contribution in [0.4, 0.5) is 0 Å². The molecule has 0 saturated carbocycles. The summed E-state index contributed by atoms with van der Waals surface area (Å²) in [7, 11) is 1.53. The van der Waals surface area contributed by atoms with Crippen molar-refractivity contribution in [1.82, 2.24) is 0 Å². The van der Waals surface area contributed by atoms with Gasteiger partial charge in [0.05, 0.1) is 12.7 Å². The molecule has 0 aliphatic carbocycles. The minimum atomic E-state index is 0.235. The van der Waals surface area contributed by atoms with E-state index in [4.69, 9.17) is 9.15 Å². The number of ether oxygens (including phenoxy) is 1. The fourth-order valence-electron chi connectivity index (χ4n) is 1.55. The number of carbonyl (C=O) groups is 2. The zero-order chi connectivity index (χ0) is 12.3. The standard InChI is InChI=1S/C13H10O4/c1-16-12-4-2-9(7-14)6-11(12)13-5-3-10(8-15)17-13/h2-8H,1H3. The quantitative estimate of drug-likeness (QED) is 0.757. The first-order valence-corrected chi connectivity index (χ1v) is 4.97. The second-order valence-electron chi connectivity index (χ2n) is 3.40. The van der Waals surface area contributed by atoms with Crippen LogP contribution in [-0.2, 0) is 0 Å². The SMILES string of the molecule is COc1ccc(C=O)cc1-c1ccc(C=O)o1. The lowest BCUT2D eigenvalue weighted by Crippen LogP contribution is -1.89. The zero-order valence-electron chi connectivity index (χ0n) is 9.17. The highest BCUT2D eigenvalue weighted by molar-refractivity contribution is 5.81. The van der Waals surface area contributed by atoms with Crippen molar-refractivity contribution in [3.63, 3.8) is 0 Å². The van der Waals surface area contributed by atoms with Crippen molar-refractivity contribution in [1.29, 1.82) is 0 Å². The van der Waals surface area contributed by atoms with Gasteiger partial charge in [-0.15, -0.1) is 0 Å². The smallest absolute Gasteiger partial charge is 0.185 e. The van der Waals surface area contributed by atoms with Crippen molar-refractivity contribution in [3.05, 3.63) is 41.7 Å². The topological polar surface area (TPSA) is 56.5 Å². The molecule has 2 rings (SSSR count). The predicted molar refractivity (Wildman–Crippen MR) is 61.5 cm³/mol. The third-order valence-corrected chi connectivity index (χ3v) is 2.37. The van der Waals surface area contributed by atoms with Crippen molar-refractivity contribution in [2.75, 3.05) is 7.11 Å². The maximum Gasteiger partial charge on any atom is 0.185 e. The van der Waals surface area contributed by atoms with Crippen LogP contribution in [0.15, 0.2) is 34.7 Å². The Hall–Kier alpha value is -2.36. The van der Waals surface area contributed by atoms with Gasteiger partial charge in [0.1, 0.15) is 17.8 Å². The van der Waals surface area contributed by atoms with Gasteiger partial charge in [0.2, 0.25) is 0 Å². The number of carbonyl (C=O) groups excluding carboxylic acids is 2. The van der Waals surface area contributed by atoms with Gasteiger partial charge in [-0.2, -0.15) is 0 Å². The van der Waals surface area contributed by atoms with E-state index in [9.17, 15) is 9.59 Å². The molecular weight excluding hydrogens is 220 g/mol. The summed E-state index contributed by atoms with van der Waals surface area (Å²) in [6.07, 6.45) is 1.37. The molecule has 1 heterocycles. The van der Waals surface area contributed by atoms with E-state index < -0.39 is 0 Å². The number of methoxy groups -OCH3 is 1. The van der Waals surface area contributed by atoms with Crippen LogP contribution in [0.25, 0.3) is 11.3 Å². The summed E-state index contributed by atoms with van der Waals surface area (Å²) in [5.74, 6) is 1.31. The molecule has 0 aliphatic heterocycles. The molecule has 17 heavy (non-hydrogen) atoms. The summed E-state index contributed by atoms with van der Waals surface area (Å²) in [5, 5.41) is 0. The Balaban J connectivity index is 2.54. The van der Waals surface area contributed by atoms with Crippen molar-refractivity contribution >= 4 is 12.6 Å². The van der Waals surface area contributed by atoms with Gasteiger partial charge >= 0.3 is 0 Å². The van der Waals surface area contributed by atoms with E-state index in [1.54, 1.807) is 30.3 Å². The van der Waals surface area contributed by atoms with Crippen molar-refractivity contribution < 1.29 is 18.7 Å². The molecule has 0 aliphatic rings. The van der Waals surface area contributed by atoms with Crippen LogP contribution in [0, 0.1) is 0 Å². The van der Waals surface area contributed by atoms with Gasteiger partial charge in [-0.05, 0) is 30.3 Å². The number of rotatable bonds is 4. The Morgan fingerprint density at radius 3 is 2.53 bits per heavy atom. The van der Waals surface area contributed by atoms with Crippen molar-refractivity contribution in [3.8, 4) is 17.1 Å². The van der Waals surface area contributed by atoms with Gasteiger partial charge in [-0.25, -0.2) is 0 Å². The van der Waals surface area contributed by atoms with Crippen molar-refractivity contribution in [2.45, 2.75) is 0 Å². The minimum Gasteiger partial charge on any atom is -0.496 e. The monoisotopic (exact) mass is 230 g/mol. The molecule has 86 valence electrons. The molecule has 0 fully saturated rings. The average Bonchev–Trinajstić information content (AvgIpc) is 2.86. The lowest BCUT2D eigenvalue weighted by molar-refractivity contribution is 0.109. The van der Waals surface area contributed by atoms with Crippen LogP contribution in [-0.4, -0.2) is 19.7 Å². The number of benzene rings is 1. The Morgan fingerprint density at radius 1 is 1.12 bits per heavy atom. The van der Waals surface area contributed by atoms with E-state index in [-0.39, 0.29) is 5.76 Å². The van der Waals surface area contributed by atoms with Crippen LogP contribution < -0.4 is 4.74 Å². The predicted octanol–water partition coefficient (Wildman–Crippen LogP) is 2.58. The Labute approximate surface area is 97.8 Å². The highest BCUT2D eigenvalue weighted by Gasteiger charge is 2.11. The molecule has 0 saturated heterocycles. The Morgan fingerprint density at radius 2 is 1.94 bits per heavy atom. The first kappa shape index (κ1) is 11.1. The van der Waals surface area contributed by atoms with E-state index in [0.717, 1.165) is 6.29 Å². The number of hydrogen-bond acceptors (Lipinski definition) is 4. The van der Waals surface area contributed by atoms with Crippen LogP contribution in [0.5, 0.6) is 5.75 Å². The first-order valence-electron chi connectivity index (χ1n) is 4.97. The third kappa shape index (κ3) is 2.10. The lowest BCUT2D eigenvalue weighted by Gasteiger charge is -2.06. The van der Waals surface area contributed by atoms with Crippen molar-refractivity contribution in [2.24, 2.45) is 0 Å². The van der Waals surface area contributed by atoms with E-state index >= 15 is 0 Å². The van der Waals surface area contributed by atoms with E-state index in [1.165, 1.54) is 7.11 Å². The lowest BCUT2D eigenvalue weighted by atomic mass is 10.1. The molecule has 2 aromatic rings. The first-order chi connectivity index (χ1) is 8.28. The fourth-order valence-corrected chi connectivity index (χ4v) is 1.55. The molecule has 0 amide bonds. The highest BCUT2D eigenvalue weighted by Crippen LogP contribution is 2.31. The Kier molecular flexibility index (Phi) is 3.05. The second kappa shape index (κ2) is 4.65. The molecule has 4 heteroatoms. The van der Waals surface area contributed by atoms with E-state index in [1.807, 2.05) is 0 Å². The summed E-state index contributed by atoms with van der Waals surface area (Å²) in [4.78, 5) is 21.3. The molecule has 1 aromatic heterocycles. The fraction of sp³-hybridized carbons (Fsp3) is 0.0769. The highest BCUT2D eigenvalue weighted by atomic mass is 16.5. The van der Waals surface area contributed by atoms with E-state index in [2.05, 4.69) is 0 Å². The van der Waals surface area contributed by atoms with Gasteiger partial charge in [-0.1, -0.05) is 0 Å². The number of hydrogen-bond donors (Lipinski definition) is 0. The van der Waals surface area contributed by atoms with Gasteiger partial charge in [0, 0.05) is 5.56 Å². The largest absolute Gasteiger partial charge is 0.496 e. The van der Waals surface area contributed by atoms with Gasteiger partial charge < -0.3 is 9.15 Å². The van der Waals surface area contributed by atoms with Gasteiger partial charge in [-0.3, -0.25) is 9.59 Å². The van der Waals surface area contributed by atoms with Crippen LogP contribution >= 0.6 is 0 Å². The summed E-state index contributed by atoms with van der Waals surface area (Å²) in [6.45, 7) is 0. The maximum absolute atomic E-state index is 10.7. The average molecular weight is 230 g/mol. The molecular formula is C13H10O4. The third-order valence-electron chi connectivity index (χ3n) is 2.37. The molecule has 0 atom stereocenters. The zero-order valence-corrected chi connectivity index (χ0v) is 9.17. The normalized spacial score (nSPS) is 9.94. The number of aldehydes is 2. The molecule has 0 bridgehead atoms.